The lowest BCUT2D eigenvalue weighted by Crippen LogP contribution is -2.24. The van der Waals surface area contributed by atoms with Crippen LogP contribution in [0.4, 0.5) is 0 Å². The molecular weight excluding hydrogens is 450 g/mol. The molecule has 1 N–H and O–H groups in total. The van der Waals surface area contributed by atoms with E-state index in [1.54, 1.807) is 11.6 Å². The van der Waals surface area contributed by atoms with Crippen LogP contribution >= 0.6 is 15.9 Å². The molecule has 2 aromatic rings. The highest BCUT2D eigenvalue weighted by Crippen LogP contribution is 2.33. The molecule has 0 spiro atoms. The molecule has 0 fully saturated rings. The molecule has 0 saturated carbocycles. The van der Waals surface area contributed by atoms with Crippen LogP contribution in [0.15, 0.2) is 14.3 Å². The molecule has 0 radical (unpaired) electrons. The first-order chi connectivity index (χ1) is 13.5. The Morgan fingerprint density at radius 1 is 1.38 bits per heavy atom. The van der Waals surface area contributed by atoms with Gasteiger partial charge < -0.3 is 19.0 Å². The summed E-state index contributed by atoms with van der Waals surface area (Å²) in [6.07, 6.45) is 0. The van der Waals surface area contributed by atoms with Crippen molar-refractivity contribution < 1.29 is 9.47 Å². The van der Waals surface area contributed by atoms with Gasteiger partial charge in [0.25, 0.3) is 5.56 Å². The summed E-state index contributed by atoms with van der Waals surface area (Å²) in [5.41, 5.74) is 3.09. The maximum atomic E-state index is 13.0. The van der Waals surface area contributed by atoms with E-state index < -0.39 is 8.07 Å². The number of H-pyrrole nitrogens is 1. The first-order valence-electron chi connectivity index (χ1n) is 10.2. The highest BCUT2D eigenvalue weighted by atomic mass is 79.9. The minimum absolute atomic E-state index is 0.0691. The third-order valence-electron chi connectivity index (χ3n) is 5.48. The zero-order valence-electron chi connectivity index (χ0n) is 18.5. The molecule has 160 valence electrons. The summed E-state index contributed by atoms with van der Waals surface area (Å²) in [7, 11) is 0.631. The summed E-state index contributed by atoms with van der Waals surface area (Å²) >= 11 is 3.75. The second kappa shape index (κ2) is 8.39. The van der Waals surface area contributed by atoms with Crippen LogP contribution in [-0.4, -0.2) is 42.8 Å². The molecule has 6 nitrogen and oxygen atoms in total. The molecule has 1 atom stereocenters. The number of ether oxygens (including phenoxy) is 2. The van der Waals surface area contributed by atoms with Gasteiger partial charge in [-0.25, -0.2) is 4.99 Å². The lowest BCUT2D eigenvalue weighted by atomic mass is 10.1. The Kier molecular flexibility index (Phi) is 6.46. The minimum atomic E-state index is -1.16. The predicted octanol–water partition coefficient (Wildman–Crippen LogP) is 4.59. The topological polar surface area (TPSA) is 68.6 Å². The number of aromatic amines is 1. The highest BCUT2D eigenvalue weighted by Gasteiger charge is 2.29. The molecule has 8 heteroatoms. The number of rotatable bonds is 7. The quantitative estimate of drug-likeness (QED) is 0.464. The second-order valence-corrected chi connectivity index (χ2v) is 15.8. The summed E-state index contributed by atoms with van der Waals surface area (Å²) in [6.45, 7) is 14.9. The van der Waals surface area contributed by atoms with Gasteiger partial charge in [-0.1, -0.05) is 33.5 Å². The number of nitrogens with one attached hydrogen (secondary N) is 1. The van der Waals surface area contributed by atoms with Gasteiger partial charge in [-0.3, -0.25) is 4.79 Å². The van der Waals surface area contributed by atoms with Crippen LogP contribution in [0.3, 0.4) is 0 Å². The van der Waals surface area contributed by atoms with E-state index in [2.05, 4.69) is 54.4 Å². The fourth-order valence-electron chi connectivity index (χ4n) is 3.43. The Labute approximate surface area is 181 Å². The van der Waals surface area contributed by atoms with Gasteiger partial charge in [0, 0.05) is 37.3 Å². The van der Waals surface area contributed by atoms with E-state index >= 15 is 0 Å². The van der Waals surface area contributed by atoms with Gasteiger partial charge >= 0.3 is 0 Å². The maximum absolute atomic E-state index is 13.0. The third kappa shape index (κ3) is 4.54. The summed E-state index contributed by atoms with van der Waals surface area (Å²) in [5, 5.41) is 0.831. The van der Waals surface area contributed by atoms with Crippen LogP contribution in [-0.2, 0) is 23.1 Å². The minimum Gasteiger partial charge on any atom is -0.475 e. The van der Waals surface area contributed by atoms with Crippen molar-refractivity contribution in [3.05, 3.63) is 31.8 Å². The largest absolute Gasteiger partial charge is 0.475 e. The Morgan fingerprint density at radius 3 is 2.66 bits per heavy atom. The first kappa shape index (κ1) is 22.3. The molecule has 1 aliphatic heterocycles. The molecule has 29 heavy (non-hydrogen) atoms. The molecule has 0 saturated heterocycles. The van der Waals surface area contributed by atoms with E-state index in [9.17, 15) is 4.79 Å². The van der Waals surface area contributed by atoms with Gasteiger partial charge in [-0.15, -0.1) is 0 Å². The van der Waals surface area contributed by atoms with Crippen molar-refractivity contribution in [1.82, 2.24) is 9.55 Å². The van der Waals surface area contributed by atoms with Gasteiger partial charge in [0.2, 0.25) is 5.90 Å². The van der Waals surface area contributed by atoms with Crippen LogP contribution in [0.25, 0.3) is 10.9 Å². The number of aromatic nitrogens is 2. The van der Waals surface area contributed by atoms with Crippen molar-refractivity contribution in [1.29, 1.82) is 0 Å². The number of nitrogens with zero attached hydrogens (tertiary/aromatic N) is 2. The molecular formula is C21H32BrN3O3Si. The van der Waals surface area contributed by atoms with Gasteiger partial charge in [0.1, 0.15) is 12.1 Å². The van der Waals surface area contributed by atoms with Crippen LogP contribution in [0.2, 0.25) is 25.7 Å². The predicted molar refractivity (Wildman–Crippen MR) is 125 cm³/mol. The molecule has 3 rings (SSSR count). The second-order valence-electron chi connectivity index (χ2n) is 9.42. The normalized spacial score (nSPS) is 17.3. The van der Waals surface area contributed by atoms with Crippen molar-refractivity contribution in [3.8, 4) is 0 Å². The zero-order chi connectivity index (χ0) is 21.5. The molecule has 0 amide bonds. The van der Waals surface area contributed by atoms with Crippen molar-refractivity contribution in [2.24, 2.45) is 18.0 Å². The fraction of sp³-hybridized carbons (Fsp3) is 0.619. The number of pyridine rings is 1. The Balaban J connectivity index is 2.03. The van der Waals surface area contributed by atoms with Crippen LogP contribution in [0.5, 0.6) is 0 Å². The molecule has 0 aromatic carbocycles. The number of fused-ring (bicyclic) bond motifs is 1. The van der Waals surface area contributed by atoms with Crippen molar-refractivity contribution in [2.75, 3.05) is 13.2 Å². The lowest BCUT2D eigenvalue weighted by molar-refractivity contribution is 0.127. The summed E-state index contributed by atoms with van der Waals surface area (Å²) in [6, 6.07) is 1.24. The molecule has 1 aliphatic rings. The van der Waals surface area contributed by atoms with Gasteiger partial charge in [-0.05, 0) is 34.8 Å². The SMILES string of the molecule is Cc1[nH]c2c(=O)n(C)c(COCC[Si](C)(C)C)c(Br)c2c1C1=NC(C(C)C)CO1. The van der Waals surface area contributed by atoms with Gasteiger partial charge in [0.05, 0.1) is 23.9 Å². The molecule has 1 unspecified atom stereocenters. The average Bonchev–Trinajstić information content (AvgIpc) is 3.22. The van der Waals surface area contributed by atoms with Crippen molar-refractivity contribution in [2.45, 2.75) is 59.1 Å². The van der Waals surface area contributed by atoms with E-state index in [-0.39, 0.29) is 11.6 Å². The number of hydrogen-bond donors (Lipinski definition) is 1. The number of aryl methyl sites for hydroxylation is 1. The Hall–Kier alpha value is -1.38. The number of aliphatic imine (C=N–C) groups is 1. The maximum Gasteiger partial charge on any atom is 0.274 e. The standard InChI is InChI=1S/C21H32BrN3O3Si/c1-12(2)14-10-28-20(24-14)16-13(3)23-19-17(16)18(22)15(25(4)21(19)26)11-27-8-9-29(5,6)7/h12,14,23H,8-11H2,1-7H3. The van der Waals surface area contributed by atoms with E-state index in [4.69, 9.17) is 14.5 Å². The van der Waals surface area contributed by atoms with Crippen LogP contribution in [0.1, 0.15) is 30.8 Å². The Bertz CT molecular complexity index is 1000. The summed E-state index contributed by atoms with van der Waals surface area (Å²) in [5.74, 6) is 1.02. The summed E-state index contributed by atoms with van der Waals surface area (Å²) < 4.78 is 14.4. The molecule has 3 heterocycles. The number of hydrogen-bond acceptors (Lipinski definition) is 4. The van der Waals surface area contributed by atoms with Crippen molar-refractivity contribution >= 4 is 40.8 Å². The van der Waals surface area contributed by atoms with Gasteiger partial charge in [-0.2, -0.15) is 0 Å². The average molecular weight is 482 g/mol. The van der Waals surface area contributed by atoms with E-state index in [0.717, 1.165) is 32.9 Å². The van der Waals surface area contributed by atoms with Gasteiger partial charge in [0.15, 0.2) is 0 Å². The smallest absolute Gasteiger partial charge is 0.274 e. The molecule has 2 aromatic heterocycles. The third-order valence-corrected chi connectivity index (χ3v) is 8.03. The van der Waals surface area contributed by atoms with Crippen LogP contribution < -0.4 is 5.56 Å². The zero-order valence-corrected chi connectivity index (χ0v) is 21.1. The lowest BCUT2D eigenvalue weighted by Gasteiger charge is -2.17. The monoisotopic (exact) mass is 481 g/mol. The Morgan fingerprint density at radius 2 is 2.07 bits per heavy atom. The first-order valence-corrected chi connectivity index (χ1v) is 14.7. The van der Waals surface area contributed by atoms with E-state index in [0.29, 0.717) is 37.2 Å². The molecule has 0 aliphatic carbocycles. The highest BCUT2D eigenvalue weighted by molar-refractivity contribution is 9.10. The fourth-order valence-corrected chi connectivity index (χ4v) is 4.96. The van der Waals surface area contributed by atoms with E-state index in [1.807, 2.05) is 6.92 Å². The molecule has 0 bridgehead atoms. The summed E-state index contributed by atoms with van der Waals surface area (Å²) in [4.78, 5) is 21.1. The number of halogens is 1. The van der Waals surface area contributed by atoms with E-state index in [1.165, 1.54) is 0 Å². The van der Waals surface area contributed by atoms with Crippen LogP contribution in [0, 0.1) is 12.8 Å². The van der Waals surface area contributed by atoms with Crippen molar-refractivity contribution in [3.63, 3.8) is 0 Å².